The molecular formula is C21H25N3OS. The summed E-state index contributed by atoms with van der Waals surface area (Å²) in [5.41, 5.74) is 0. The van der Waals surface area contributed by atoms with Crippen molar-refractivity contribution in [3.63, 3.8) is 0 Å². The van der Waals surface area contributed by atoms with E-state index in [2.05, 4.69) is 52.0 Å². The van der Waals surface area contributed by atoms with Gasteiger partial charge in [0, 0.05) is 17.2 Å². The first-order valence-electron chi connectivity index (χ1n) is 9.48. The van der Waals surface area contributed by atoms with E-state index in [1.807, 2.05) is 12.1 Å². The number of thioether (sulfide) groups is 1. The average Bonchev–Trinajstić information content (AvgIpc) is 3.06. The van der Waals surface area contributed by atoms with Gasteiger partial charge in [-0.25, -0.2) is 0 Å². The van der Waals surface area contributed by atoms with Crippen LogP contribution >= 0.6 is 11.8 Å². The van der Waals surface area contributed by atoms with Crippen molar-refractivity contribution in [2.75, 3.05) is 12.4 Å². The van der Waals surface area contributed by atoms with E-state index in [9.17, 15) is 0 Å². The van der Waals surface area contributed by atoms with Crippen LogP contribution in [-0.4, -0.2) is 27.1 Å². The lowest BCUT2D eigenvalue weighted by Crippen LogP contribution is -2.15. The van der Waals surface area contributed by atoms with E-state index in [-0.39, 0.29) is 0 Å². The summed E-state index contributed by atoms with van der Waals surface area (Å²) in [4.78, 5) is 0. The maximum atomic E-state index is 6.05. The van der Waals surface area contributed by atoms with Gasteiger partial charge in [0.15, 0.2) is 5.16 Å². The lowest BCUT2D eigenvalue weighted by Gasteiger charge is -2.25. The Morgan fingerprint density at radius 2 is 1.85 bits per heavy atom. The number of benzene rings is 2. The minimum atomic E-state index is 0.570. The van der Waals surface area contributed by atoms with Gasteiger partial charge in [-0.3, -0.25) is 0 Å². The molecule has 26 heavy (non-hydrogen) atoms. The van der Waals surface area contributed by atoms with Crippen LogP contribution in [0.25, 0.3) is 10.8 Å². The van der Waals surface area contributed by atoms with Crippen LogP contribution in [0.3, 0.4) is 0 Å². The lowest BCUT2D eigenvalue weighted by atomic mass is 9.95. The highest BCUT2D eigenvalue weighted by molar-refractivity contribution is 7.99. The first-order chi connectivity index (χ1) is 12.8. The van der Waals surface area contributed by atoms with Crippen LogP contribution in [0, 0.1) is 6.92 Å². The number of aryl methyl sites for hydroxylation is 1. The molecule has 0 atom stereocenters. The largest absolute Gasteiger partial charge is 0.492 e. The maximum absolute atomic E-state index is 6.05. The summed E-state index contributed by atoms with van der Waals surface area (Å²) in [6, 6.07) is 15.1. The van der Waals surface area contributed by atoms with Crippen LogP contribution in [0.5, 0.6) is 5.75 Å². The quantitative estimate of drug-likeness (QED) is 0.431. The normalized spacial score (nSPS) is 15.4. The number of hydrogen-bond donors (Lipinski definition) is 0. The van der Waals surface area contributed by atoms with E-state index in [0.717, 1.165) is 22.5 Å². The molecule has 2 aromatic carbocycles. The number of hydrogen-bond acceptors (Lipinski definition) is 4. The fraction of sp³-hybridized carbons (Fsp3) is 0.429. The Balaban J connectivity index is 1.38. The molecule has 0 radical (unpaired) electrons. The molecular weight excluding hydrogens is 342 g/mol. The van der Waals surface area contributed by atoms with Crippen LogP contribution in [0.15, 0.2) is 47.6 Å². The van der Waals surface area contributed by atoms with E-state index < -0.39 is 0 Å². The third-order valence-electron chi connectivity index (χ3n) is 5.10. The van der Waals surface area contributed by atoms with E-state index in [1.54, 1.807) is 11.8 Å². The molecule has 0 unspecified atom stereocenters. The molecule has 1 heterocycles. The molecule has 1 aliphatic rings. The maximum Gasteiger partial charge on any atom is 0.191 e. The number of nitrogens with zero attached hydrogens (tertiary/aromatic N) is 3. The number of rotatable bonds is 6. The van der Waals surface area contributed by atoms with Crippen molar-refractivity contribution in [1.82, 2.24) is 14.8 Å². The molecule has 1 saturated carbocycles. The van der Waals surface area contributed by atoms with Gasteiger partial charge < -0.3 is 9.30 Å². The molecule has 1 aromatic heterocycles. The summed E-state index contributed by atoms with van der Waals surface area (Å²) in [5.74, 6) is 2.86. The Hall–Kier alpha value is -2.01. The van der Waals surface area contributed by atoms with Crippen molar-refractivity contribution >= 4 is 22.5 Å². The minimum absolute atomic E-state index is 0.570. The molecule has 0 aliphatic heterocycles. The Morgan fingerprint density at radius 3 is 2.73 bits per heavy atom. The Labute approximate surface area is 159 Å². The van der Waals surface area contributed by atoms with Crippen molar-refractivity contribution in [3.05, 3.63) is 48.3 Å². The highest BCUT2D eigenvalue weighted by Crippen LogP contribution is 2.32. The molecule has 0 spiro atoms. The SMILES string of the molecule is Cc1nnc(SCCOc2cccc3ccccc23)n1C1CCCCC1. The molecule has 4 rings (SSSR count). The zero-order chi connectivity index (χ0) is 17.8. The van der Waals surface area contributed by atoms with E-state index in [1.165, 1.54) is 42.9 Å². The molecule has 3 aromatic rings. The molecule has 0 N–H and O–H groups in total. The second kappa shape index (κ2) is 8.12. The van der Waals surface area contributed by atoms with Crippen LogP contribution in [-0.2, 0) is 0 Å². The number of aromatic nitrogens is 3. The van der Waals surface area contributed by atoms with Crippen LogP contribution < -0.4 is 4.74 Å². The van der Waals surface area contributed by atoms with E-state index in [4.69, 9.17) is 4.74 Å². The molecule has 0 amide bonds. The van der Waals surface area contributed by atoms with Gasteiger partial charge in [-0.1, -0.05) is 67.4 Å². The monoisotopic (exact) mass is 367 g/mol. The average molecular weight is 368 g/mol. The van der Waals surface area contributed by atoms with Gasteiger partial charge in [0.25, 0.3) is 0 Å². The van der Waals surface area contributed by atoms with Gasteiger partial charge >= 0.3 is 0 Å². The highest BCUT2D eigenvalue weighted by atomic mass is 32.2. The topological polar surface area (TPSA) is 39.9 Å². The molecule has 5 heteroatoms. The Kier molecular flexibility index (Phi) is 5.44. The minimum Gasteiger partial charge on any atom is -0.492 e. The van der Waals surface area contributed by atoms with Gasteiger partial charge in [-0.05, 0) is 31.2 Å². The highest BCUT2D eigenvalue weighted by Gasteiger charge is 2.21. The smallest absolute Gasteiger partial charge is 0.191 e. The summed E-state index contributed by atoms with van der Waals surface area (Å²) in [6.45, 7) is 2.73. The van der Waals surface area contributed by atoms with Crippen LogP contribution in [0.4, 0.5) is 0 Å². The van der Waals surface area contributed by atoms with Crippen molar-refractivity contribution < 1.29 is 4.74 Å². The Morgan fingerprint density at radius 1 is 1.04 bits per heavy atom. The third kappa shape index (κ3) is 3.73. The van der Waals surface area contributed by atoms with Crippen molar-refractivity contribution in [2.45, 2.75) is 50.2 Å². The molecule has 1 aliphatic carbocycles. The predicted molar refractivity (Wildman–Crippen MR) is 107 cm³/mol. The first kappa shape index (κ1) is 17.4. The summed E-state index contributed by atoms with van der Waals surface area (Å²) in [5, 5.41) is 12.1. The standard InChI is InChI=1S/C21H25N3OS/c1-16-22-23-21(24(16)18-10-3-2-4-11-18)26-15-14-25-20-13-7-9-17-8-5-6-12-19(17)20/h5-9,12-13,18H,2-4,10-11,14-15H2,1H3. The van der Waals surface area contributed by atoms with E-state index in [0.29, 0.717) is 12.6 Å². The molecule has 0 saturated heterocycles. The predicted octanol–water partition coefficient (Wildman–Crippen LogP) is 5.42. The third-order valence-corrected chi connectivity index (χ3v) is 6.00. The molecule has 0 bridgehead atoms. The number of ether oxygens (including phenoxy) is 1. The lowest BCUT2D eigenvalue weighted by molar-refractivity contribution is 0.331. The fourth-order valence-electron chi connectivity index (χ4n) is 3.81. The zero-order valence-electron chi connectivity index (χ0n) is 15.2. The summed E-state index contributed by atoms with van der Waals surface area (Å²) in [6.07, 6.45) is 6.49. The van der Waals surface area contributed by atoms with Gasteiger partial charge in [0.1, 0.15) is 11.6 Å². The van der Waals surface area contributed by atoms with Gasteiger partial charge in [-0.2, -0.15) is 0 Å². The van der Waals surface area contributed by atoms with E-state index >= 15 is 0 Å². The van der Waals surface area contributed by atoms with Crippen LogP contribution in [0.2, 0.25) is 0 Å². The summed E-state index contributed by atoms with van der Waals surface area (Å²) in [7, 11) is 0. The Bertz CT molecular complexity index is 865. The molecule has 1 fully saturated rings. The molecule has 4 nitrogen and oxygen atoms in total. The van der Waals surface area contributed by atoms with Gasteiger partial charge in [0.2, 0.25) is 0 Å². The summed E-state index contributed by atoms with van der Waals surface area (Å²) < 4.78 is 8.40. The first-order valence-corrected chi connectivity index (χ1v) is 10.5. The summed E-state index contributed by atoms with van der Waals surface area (Å²) >= 11 is 1.75. The molecule has 136 valence electrons. The van der Waals surface area contributed by atoms with Gasteiger partial charge in [0.05, 0.1) is 6.61 Å². The van der Waals surface area contributed by atoms with Crippen molar-refractivity contribution in [1.29, 1.82) is 0 Å². The second-order valence-corrected chi connectivity index (χ2v) is 7.93. The van der Waals surface area contributed by atoms with Crippen LogP contribution in [0.1, 0.15) is 44.0 Å². The second-order valence-electron chi connectivity index (χ2n) is 6.87. The van der Waals surface area contributed by atoms with Crippen molar-refractivity contribution in [2.24, 2.45) is 0 Å². The number of fused-ring (bicyclic) bond motifs is 1. The zero-order valence-corrected chi connectivity index (χ0v) is 16.0. The fourth-order valence-corrected chi connectivity index (χ4v) is 4.68. The van der Waals surface area contributed by atoms with Gasteiger partial charge in [-0.15, -0.1) is 10.2 Å². The van der Waals surface area contributed by atoms with Crippen molar-refractivity contribution in [3.8, 4) is 5.75 Å².